The van der Waals surface area contributed by atoms with E-state index in [-0.39, 0.29) is 10.7 Å². The molecule has 1 aromatic heterocycles. The number of aromatic nitrogens is 1. The van der Waals surface area contributed by atoms with Gasteiger partial charge in [-0.1, -0.05) is 12.1 Å². The molecule has 23 heavy (non-hydrogen) atoms. The van der Waals surface area contributed by atoms with Crippen molar-refractivity contribution in [2.75, 3.05) is 19.5 Å². The number of rotatable bonds is 4. The molecule has 1 amide bonds. The number of anilines is 1. The van der Waals surface area contributed by atoms with Gasteiger partial charge in [-0.15, -0.1) is 0 Å². The van der Waals surface area contributed by atoms with E-state index in [0.717, 1.165) is 5.56 Å². The summed E-state index contributed by atoms with van der Waals surface area (Å²) in [5, 5.41) is 5.64. The van der Waals surface area contributed by atoms with E-state index >= 15 is 0 Å². The third kappa shape index (κ3) is 3.95. The predicted molar refractivity (Wildman–Crippen MR) is 92.2 cm³/mol. The van der Waals surface area contributed by atoms with Gasteiger partial charge in [-0.2, -0.15) is 0 Å². The first-order chi connectivity index (χ1) is 11.1. The van der Waals surface area contributed by atoms with E-state index in [1.54, 1.807) is 24.4 Å². The fourth-order valence-corrected chi connectivity index (χ4v) is 2.19. The fraction of sp³-hybridized carbons (Fsp3) is 0.188. The summed E-state index contributed by atoms with van der Waals surface area (Å²) < 4.78 is 10.4. The number of benzene rings is 1. The van der Waals surface area contributed by atoms with Gasteiger partial charge >= 0.3 is 0 Å². The van der Waals surface area contributed by atoms with Gasteiger partial charge in [-0.25, -0.2) is 4.98 Å². The first-order valence-corrected chi connectivity index (χ1v) is 7.22. The number of hydrogen-bond acceptors (Lipinski definition) is 5. The molecule has 1 heterocycles. The molecule has 120 valence electrons. The number of methoxy groups -OCH3 is 2. The number of hydrogen-bond donors (Lipinski definition) is 2. The summed E-state index contributed by atoms with van der Waals surface area (Å²) in [4.78, 5) is 16.6. The Morgan fingerprint density at radius 2 is 1.78 bits per heavy atom. The van der Waals surface area contributed by atoms with Crippen LogP contribution in [0.15, 0.2) is 36.5 Å². The Balaban J connectivity index is 2.16. The average molecular weight is 331 g/mol. The van der Waals surface area contributed by atoms with E-state index in [0.29, 0.717) is 17.3 Å². The van der Waals surface area contributed by atoms with Crippen LogP contribution in [-0.4, -0.2) is 30.2 Å². The van der Waals surface area contributed by atoms with Gasteiger partial charge in [0.1, 0.15) is 22.9 Å². The number of nitrogens with zero attached hydrogens (tertiary/aromatic N) is 1. The second-order valence-electron chi connectivity index (χ2n) is 4.61. The third-order valence-electron chi connectivity index (χ3n) is 3.12. The van der Waals surface area contributed by atoms with Gasteiger partial charge in [0.25, 0.3) is 5.91 Å². The second kappa shape index (κ2) is 7.55. The zero-order chi connectivity index (χ0) is 16.8. The van der Waals surface area contributed by atoms with Crippen molar-refractivity contribution in [2.24, 2.45) is 0 Å². The lowest BCUT2D eigenvalue weighted by atomic mass is 10.1. The predicted octanol–water partition coefficient (Wildman–Crippen LogP) is 2.53. The van der Waals surface area contributed by atoms with Crippen molar-refractivity contribution >= 4 is 29.1 Å². The molecule has 2 aromatic rings. The molecule has 2 rings (SSSR count). The zero-order valence-corrected chi connectivity index (χ0v) is 13.9. The Morgan fingerprint density at radius 3 is 2.35 bits per heavy atom. The third-order valence-corrected chi connectivity index (χ3v) is 3.33. The number of pyridine rings is 1. The number of thiocarbonyl (C=S) groups is 1. The molecule has 0 atom stereocenters. The van der Waals surface area contributed by atoms with E-state index < -0.39 is 5.91 Å². The number of carbonyl (C=O) groups excluding carboxylic acids is 1. The summed E-state index contributed by atoms with van der Waals surface area (Å²) in [5.41, 5.74) is 1.19. The maximum atomic E-state index is 12.5. The minimum absolute atomic E-state index is 0.143. The molecule has 0 fully saturated rings. The fourth-order valence-electron chi connectivity index (χ4n) is 2.00. The standard InChI is InChI=1S/C16H17N3O3S/c1-10-6-5-9-17-14(10)18-16(23)19-15(20)13-11(21-2)7-4-8-12(13)22-3/h4-9H,1-3H3,(H2,17,18,19,20,23). The van der Waals surface area contributed by atoms with Gasteiger partial charge in [-0.05, 0) is 42.9 Å². The molecular weight excluding hydrogens is 314 g/mol. The molecule has 0 bridgehead atoms. The molecule has 0 aliphatic heterocycles. The van der Waals surface area contributed by atoms with Crippen molar-refractivity contribution in [3.63, 3.8) is 0 Å². The quantitative estimate of drug-likeness (QED) is 0.839. The summed E-state index contributed by atoms with van der Waals surface area (Å²) in [5.74, 6) is 0.965. The molecule has 0 unspecified atom stereocenters. The number of nitrogens with one attached hydrogen (secondary N) is 2. The van der Waals surface area contributed by atoms with Gasteiger partial charge in [-0.3, -0.25) is 10.1 Å². The average Bonchev–Trinajstić information content (AvgIpc) is 2.55. The number of amides is 1. The SMILES string of the molecule is COc1cccc(OC)c1C(=O)NC(=S)Nc1ncccc1C. The highest BCUT2D eigenvalue weighted by molar-refractivity contribution is 7.80. The highest BCUT2D eigenvalue weighted by Gasteiger charge is 2.19. The Hall–Kier alpha value is -2.67. The van der Waals surface area contributed by atoms with Crippen LogP contribution in [0.2, 0.25) is 0 Å². The van der Waals surface area contributed by atoms with Crippen LogP contribution >= 0.6 is 12.2 Å². The van der Waals surface area contributed by atoms with Crippen LogP contribution in [0, 0.1) is 6.92 Å². The van der Waals surface area contributed by atoms with Crippen LogP contribution in [0.5, 0.6) is 11.5 Å². The maximum Gasteiger partial charge on any atom is 0.264 e. The Kier molecular flexibility index (Phi) is 5.48. The van der Waals surface area contributed by atoms with Crippen LogP contribution in [0.3, 0.4) is 0 Å². The topological polar surface area (TPSA) is 72.5 Å². The summed E-state index contributed by atoms with van der Waals surface area (Å²) >= 11 is 5.17. The van der Waals surface area contributed by atoms with E-state index in [1.165, 1.54) is 14.2 Å². The summed E-state index contributed by atoms with van der Waals surface area (Å²) in [6.07, 6.45) is 1.64. The Labute approximate surface area is 139 Å². The number of ether oxygens (including phenoxy) is 2. The zero-order valence-electron chi connectivity index (χ0n) is 13.0. The lowest BCUT2D eigenvalue weighted by Gasteiger charge is -2.14. The van der Waals surface area contributed by atoms with E-state index in [1.807, 2.05) is 19.1 Å². The van der Waals surface area contributed by atoms with E-state index in [4.69, 9.17) is 21.7 Å². The van der Waals surface area contributed by atoms with Crippen LogP contribution in [0.4, 0.5) is 5.82 Å². The molecule has 6 nitrogen and oxygen atoms in total. The molecule has 0 saturated heterocycles. The van der Waals surface area contributed by atoms with Gasteiger partial charge in [0.05, 0.1) is 14.2 Å². The molecule has 7 heteroatoms. The van der Waals surface area contributed by atoms with Crippen molar-refractivity contribution in [2.45, 2.75) is 6.92 Å². The highest BCUT2D eigenvalue weighted by Crippen LogP contribution is 2.27. The van der Waals surface area contributed by atoms with Crippen LogP contribution < -0.4 is 20.1 Å². The van der Waals surface area contributed by atoms with Crippen molar-refractivity contribution < 1.29 is 14.3 Å². The molecule has 1 aromatic carbocycles. The van der Waals surface area contributed by atoms with Crippen molar-refractivity contribution in [1.82, 2.24) is 10.3 Å². The highest BCUT2D eigenvalue weighted by atomic mass is 32.1. The summed E-state index contributed by atoms with van der Waals surface area (Å²) in [6.45, 7) is 1.89. The first-order valence-electron chi connectivity index (χ1n) is 6.81. The van der Waals surface area contributed by atoms with Crippen LogP contribution in [0.25, 0.3) is 0 Å². The van der Waals surface area contributed by atoms with Gasteiger partial charge in [0.2, 0.25) is 0 Å². The largest absolute Gasteiger partial charge is 0.496 e. The van der Waals surface area contributed by atoms with Gasteiger partial charge < -0.3 is 14.8 Å². The molecule has 0 aliphatic rings. The minimum Gasteiger partial charge on any atom is -0.496 e. The molecule has 0 radical (unpaired) electrons. The maximum absolute atomic E-state index is 12.5. The molecule has 0 saturated carbocycles. The second-order valence-corrected chi connectivity index (χ2v) is 5.02. The van der Waals surface area contributed by atoms with Crippen molar-refractivity contribution in [3.05, 3.63) is 47.7 Å². The monoisotopic (exact) mass is 331 g/mol. The number of carbonyl (C=O) groups is 1. The van der Waals surface area contributed by atoms with Crippen molar-refractivity contribution in [3.8, 4) is 11.5 Å². The van der Waals surface area contributed by atoms with E-state index in [2.05, 4.69) is 15.6 Å². The Morgan fingerprint density at radius 1 is 1.13 bits per heavy atom. The van der Waals surface area contributed by atoms with Gasteiger partial charge in [0, 0.05) is 6.20 Å². The van der Waals surface area contributed by atoms with Crippen molar-refractivity contribution in [1.29, 1.82) is 0 Å². The van der Waals surface area contributed by atoms with Gasteiger partial charge in [0.15, 0.2) is 5.11 Å². The molecule has 0 spiro atoms. The molecule has 0 aliphatic carbocycles. The molecule has 2 N–H and O–H groups in total. The first kappa shape index (κ1) is 16.7. The summed E-state index contributed by atoms with van der Waals surface area (Å²) in [7, 11) is 2.97. The lowest BCUT2D eigenvalue weighted by molar-refractivity contribution is 0.0971. The smallest absolute Gasteiger partial charge is 0.264 e. The Bertz CT molecular complexity index is 712. The molecular formula is C16H17N3O3S. The normalized spacial score (nSPS) is 9.87. The van der Waals surface area contributed by atoms with Crippen LogP contribution in [0.1, 0.15) is 15.9 Å². The minimum atomic E-state index is -0.426. The van der Waals surface area contributed by atoms with E-state index in [9.17, 15) is 4.79 Å². The number of aryl methyl sites for hydroxylation is 1. The van der Waals surface area contributed by atoms with Crippen LogP contribution in [-0.2, 0) is 0 Å². The lowest BCUT2D eigenvalue weighted by Crippen LogP contribution is -2.35. The summed E-state index contributed by atoms with van der Waals surface area (Å²) in [6, 6.07) is 8.81.